The van der Waals surface area contributed by atoms with Crippen molar-refractivity contribution in [2.24, 2.45) is 28.9 Å². The average molecular weight is 2000 g/mol. The Hall–Kier alpha value is -14.7. The number of imidazole rings is 1. The van der Waals surface area contributed by atoms with Crippen LogP contribution in [0.3, 0.4) is 0 Å². The highest BCUT2D eigenvalue weighted by molar-refractivity contribution is 6.03. The summed E-state index contributed by atoms with van der Waals surface area (Å²) >= 11 is 0. The van der Waals surface area contributed by atoms with Gasteiger partial charge in [-0.05, 0) is 137 Å². The monoisotopic (exact) mass is 2000 g/mol. The molecule has 141 heavy (non-hydrogen) atoms. The summed E-state index contributed by atoms with van der Waals surface area (Å²) in [5.41, 5.74) is 22.3. The number of carboxylic acids is 5. The predicted molar refractivity (Wildman–Crippen MR) is 483 cm³/mol. The molecule has 3 fully saturated rings. The lowest BCUT2D eigenvalue weighted by Crippen LogP contribution is -2.62. The van der Waals surface area contributed by atoms with Gasteiger partial charge in [-0.3, -0.25) is 125 Å². The number of aromatic amines is 1. The molecule has 784 valence electrons. The Morgan fingerprint density at radius 1 is 0.390 bits per heavy atom. The number of nitrogens with one attached hydrogen (secondary N) is 17. The minimum atomic E-state index is -2.01. The Morgan fingerprint density at radius 3 is 1.26 bits per heavy atom. The summed E-state index contributed by atoms with van der Waals surface area (Å²) in [5, 5.41) is 95.1. The largest absolute Gasteiger partial charge is 0.481 e. The zero-order chi connectivity index (χ0) is 106. The molecular formula is C84H131N25O32. The van der Waals surface area contributed by atoms with Crippen LogP contribution >= 0.6 is 0 Å². The minimum Gasteiger partial charge on any atom is -0.481 e. The first-order valence-electron chi connectivity index (χ1n) is 45.7. The topological polar surface area (TPSA) is 900 Å². The molecule has 4 rings (SSSR count). The van der Waals surface area contributed by atoms with Gasteiger partial charge in [0.05, 0.1) is 43.7 Å². The first-order valence-corrected chi connectivity index (χ1v) is 45.7. The molecule has 57 nitrogen and oxygen atoms in total. The van der Waals surface area contributed by atoms with Gasteiger partial charge in [0.25, 0.3) is 0 Å². The second-order valence-corrected chi connectivity index (χ2v) is 34.2. The number of carbonyl (C=O) groups is 26. The van der Waals surface area contributed by atoms with Gasteiger partial charge < -0.3 is 158 Å². The third-order valence-corrected chi connectivity index (χ3v) is 23.0. The Morgan fingerprint density at radius 2 is 0.780 bits per heavy atom. The van der Waals surface area contributed by atoms with Crippen molar-refractivity contribution in [3.63, 3.8) is 0 Å². The van der Waals surface area contributed by atoms with Crippen LogP contribution in [0.2, 0.25) is 0 Å². The number of nitrogens with zero attached hydrogens (tertiary/aromatic N) is 4. The van der Waals surface area contributed by atoms with E-state index in [2.05, 4.69) is 95.0 Å². The number of hydrogen-bond donors (Lipinski definition) is 27. The highest BCUT2D eigenvalue weighted by Gasteiger charge is 2.46. The van der Waals surface area contributed by atoms with E-state index in [4.69, 9.17) is 38.3 Å². The first kappa shape index (κ1) is 119. The van der Waals surface area contributed by atoms with E-state index in [9.17, 15) is 140 Å². The molecule has 3 aliphatic rings. The first-order chi connectivity index (χ1) is 66.3. The maximum atomic E-state index is 14.7. The summed E-state index contributed by atoms with van der Waals surface area (Å²) in [6.07, 6.45) is -4.95. The van der Waals surface area contributed by atoms with Crippen molar-refractivity contribution < 1.29 is 155 Å². The summed E-state index contributed by atoms with van der Waals surface area (Å²) in [5.74, 6) is -28.9. The highest BCUT2D eigenvalue weighted by atomic mass is 16.4. The third-order valence-electron chi connectivity index (χ3n) is 23.0. The lowest BCUT2D eigenvalue weighted by molar-refractivity contribution is -0.144. The van der Waals surface area contributed by atoms with Gasteiger partial charge in [-0.25, -0.2) is 4.98 Å². The summed E-state index contributed by atoms with van der Waals surface area (Å²) < 4.78 is 0. The molecule has 0 radical (unpaired) electrons. The van der Waals surface area contributed by atoms with Crippen molar-refractivity contribution in [2.75, 3.05) is 45.8 Å². The molecule has 0 spiro atoms. The molecular weight excluding hydrogens is 1870 g/mol. The molecule has 0 aromatic carbocycles. The quantitative estimate of drug-likeness (QED) is 0.0269. The second-order valence-electron chi connectivity index (χ2n) is 34.2. The smallest absolute Gasteiger partial charge is 0.322 e. The van der Waals surface area contributed by atoms with Gasteiger partial charge in [-0.1, -0.05) is 20.3 Å². The molecule has 31 N–H and O–H groups in total. The number of aliphatic hydroxyl groups excluding tert-OH is 1. The molecule has 21 amide bonds. The van der Waals surface area contributed by atoms with Crippen LogP contribution in [-0.4, -0.2) is 364 Å². The van der Waals surface area contributed by atoms with E-state index in [1.807, 2.05) is 0 Å². The van der Waals surface area contributed by atoms with Gasteiger partial charge in [0, 0.05) is 64.4 Å². The van der Waals surface area contributed by atoms with Crippen LogP contribution in [0.1, 0.15) is 189 Å². The number of hydrogen-bond acceptors (Lipinski definition) is 30. The molecule has 1 aromatic rings. The van der Waals surface area contributed by atoms with Crippen molar-refractivity contribution in [1.29, 1.82) is 0 Å². The molecule has 3 aliphatic heterocycles. The molecule has 3 saturated heterocycles. The van der Waals surface area contributed by atoms with E-state index in [0.29, 0.717) is 6.42 Å². The fourth-order valence-electron chi connectivity index (χ4n) is 15.0. The fourth-order valence-corrected chi connectivity index (χ4v) is 15.0. The Labute approximate surface area is 807 Å². The standard InChI is InChI=1S/C84H131N25O32/c1-8-39(2)66(84(141)109-31-13-17-56(109)79(136)101-49(21-26-62(117)118)73(130)92-37-65(123)124)105-76(133)51(22-27-63(119)120)102-81(138)67(44(7)110)106-77(134)53(32-45-34-89-38-93-45)104-80(137)55-16-12-30-108(55)83(140)52(19-24-58(88)112)103-70(127)42(5)96-68(125)40(3)95-69(126)41(4)97-74(131)50(18-23-57(87)111)100-75(132)47(14-9-10-28-85)98-60(114)36-91-78(135)54-15-11-29-107(54)82(139)43(6)94-59(113)35-90-72(129)48(20-25-61(115)116)99-71(128)46(86)33-64(121)122/h34,38-44,46-56,66-67,110H,8-33,35-37,85-86H2,1-7H3,(H2,87,111)(H2,88,112)(H,89,93)(H,90,129)(H,91,135)(H,92,130)(H,94,113)(H,95,126)(H,96,125)(H,97,131)(H,98,114)(H,99,128)(H,100,132)(H,101,136)(H,102,138)(H,103,127)(H,104,137)(H,105,133)(H,106,134)(H,115,116)(H,117,118)(H,119,120)(H,121,122)(H,123,124)/t39-,40-,41-,42-,43-,44+,46-,47-,48-,49-,50-,51-,52-,53-,54-,55-,56-,66-,67-/m0/s1. The Bertz CT molecular complexity index is 4670. The number of aromatic nitrogens is 2. The predicted octanol–water partition coefficient (Wildman–Crippen LogP) is -11.8. The number of carbonyl (C=O) groups excluding carboxylic acids is 21. The van der Waals surface area contributed by atoms with E-state index < -0.39 is 365 Å². The number of aliphatic carboxylic acids is 5. The van der Waals surface area contributed by atoms with Crippen LogP contribution in [0.5, 0.6) is 0 Å². The SMILES string of the molecule is CC[C@H](C)[C@H](NC(=O)[C@H](CCC(=O)O)NC(=O)[C@@H](NC(=O)[C@H](Cc1c[nH]cn1)NC(=O)[C@@H]1CCCN1C(=O)[C@H](CCC(N)=O)NC(=O)[C@H](C)NC(=O)[C@H](C)NC(=O)[C@H](C)NC(=O)[C@H](CCC(N)=O)NC(=O)[C@H](CCCCN)NC(=O)CNC(=O)[C@@H]1CCCN1C(=O)[C@H](C)NC(=O)CNC(=O)[C@H](CCC(=O)O)NC(=O)[C@@H](N)CC(=O)O)[C@@H](C)O)C(=O)N1CCC[C@H]1C(=O)N[C@@H](CCC(=O)O)C(=O)NCC(=O)O. The van der Waals surface area contributed by atoms with Crippen LogP contribution in [-0.2, 0) is 131 Å². The molecule has 0 unspecified atom stereocenters. The highest BCUT2D eigenvalue weighted by Crippen LogP contribution is 2.25. The fraction of sp³-hybridized carbons (Fsp3) is 0.655. The Balaban J connectivity index is 1.41. The number of rotatable bonds is 62. The van der Waals surface area contributed by atoms with Crippen molar-refractivity contribution in [3.8, 4) is 0 Å². The molecule has 0 saturated carbocycles. The van der Waals surface area contributed by atoms with E-state index in [1.165, 1.54) is 40.2 Å². The maximum absolute atomic E-state index is 14.7. The molecule has 0 aliphatic carbocycles. The number of aliphatic hydroxyl groups is 1. The van der Waals surface area contributed by atoms with Crippen molar-refractivity contribution in [3.05, 3.63) is 18.2 Å². The lowest BCUT2D eigenvalue weighted by Gasteiger charge is -2.33. The van der Waals surface area contributed by atoms with Gasteiger partial charge >= 0.3 is 29.8 Å². The van der Waals surface area contributed by atoms with Gasteiger partial charge in [0.1, 0.15) is 103 Å². The number of carboxylic acid groups (broad SMARTS) is 5. The molecule has 57 heteroatoms. The number of H-pyrrole nitrogens is 1. The van der Waals surface area contributed by atoms with Gasteiger partial charge in [-0.15, -0.1) is 0 Å². The molecule has 1 aromatic heterocycles. The van der Waals surface area contributed by atoms with E-state index in [-0.39, 0.29) is 89.7 Å². The summed E-state index contributed by atoms with van der Waals surface area (Å²) in [6, 6.07) is -26.4. The number of likely N-dealkylation sites (tertiary alicyclic amines) is 3. The van der Waals surface area contributed by atoms with E-state index in [0.717, 1.165) is 21.6 Å². The average Bonchev–Trinajstić information content (AvgIpc) is 1.61. The zero-order valence-electron chi connectivity index (χ0n) is 79.0. The molecule has 19 atom stereocenters. The molecule has 0 bridgehead atoms. The second kappa shape index (κ2) is 58.9. The number of unbranched alkanes of at least 4 members (excludes halogenated alkanes) is 1. The van der Waals surface area contributed by atoms with Crippen molar-refractivity contribution >= 4 is 154 Å². The van der Waals surface area contributed by atoms with Crippen LogP contribution < -0.4 is 108 Å². The van der Waals surface area contributed by atoms with Crippen molar-refractivity contribution in [1.82, 2.24) is 110 Å². The van der Waals surface area contributed by atoms with Crippen LogP contribution in [0.15, 0.2) is 12.5 Å². The van der Waals surface area contributed by atoms with Gasteiger partial charge in [0.2, 0.25) is 124 Å². The van der Waals surface area contributed by atoms with E-state index >= 15 is 0 Å². The number of amides is 21. The number of primary amides is 2. The lowest BCUT2D eigenvalue weighted by atomic mass is 9.96. The Kier molecular flexibility index (Phi) is 49.6. The normalized spacial score (nSPS) is 17.7. The molecule has 4 heterocycles. The van der Waals surface area contributed by atoms with Crippen molar-refractivity contribution in [2.45, 2.75) is 299 Å². The minimum absolute atomic E-state index is 0.0112. The number of nitrogens with two attached hydrogens (primary N) is 4. The van der Waals surface area contributed by atoms with Gasteiger partial charge in [-0.2, -0.15) is 0 Å². The summed E-state index contributed by atoms with van der Waals surface area (Å²) in [4.78, 5) is 354. The van der Waals surface area contributed by atoms with Crippen LogP contribution in [0.25, 0.3) is 0 Å². The maximum Gasteiger partial charge on any atom is 0.322 e. The summed E-state index contributed by atoms with van der Waals surface area (Å²) in [7, 11) is 0. The zero-order valence-corrected chi connectivity index (χ0v) is 79.0. The van der Waals surface area contributed by atoms with Gasteiger partial charge in [0.15, 0.2) is 0 Å². The van der Waals surface area contributed by atoms with Crippen LogP contribution in [0, 0.1) is 5.92 Å². The summed E-state index contributed by atoms with van der Waals surface area (Å²) in [6.45, 7) is 6.48. The van der Waals surface area contributed by atoms with E-state index in [1.54, 1.807) is 13.8 Å². The van der Waals surface area contributed by atoms with Crippen LogP contribution in [0.4, 0.5) is 0 Å². The third kappa shape index (κ3) is 40.3.